The largest absolute Gasteiger partial charge is 0.489 e. The highest BCUT2D eigenvalue weighted by Gasteiger charge is 2.08. The van der Waals surface area contributed by atoms with Crippen molar-refractivity contribution in [1.82, 2.24) is 20.2 Å². The van der Waals surface area contributed by atoms with Crippen molar-refractivity contribution in [2.45, 2.75) is 24.4 Å². The molecule has 0 radical (unpaired) electrons. The van der Waals surface area contributed by atoms with Crippen molar-refractivity contribution in [2.24, 2.45) is 12.1 Å². The molecule has 0 aliphatic carbocycles. The number of hydrogen-bond acceptors (Lipinski definition) is 6. The van der Waals surface area contributed by atoms with Gasteiger partial charge in [0.2, 0.25) is 0 Å². The van der Waals surface area contributed by atoms with Gasteiger partial charge in [-0.25, -0.2) is 5.43 Å². The van der Waals surface area contributed by atoms with Crippen LogP contribution in [0.1, 0.15) is 34.0 Å². The van der Waals surface area contributed by atoms with E-state index in [1.54, 1.807) is 30.2 Å². The summed E-state index contributed by atoms with van der Waals surface area (Å²) in [7, 11) is 1.91. The topological polar surface area (TPSA) is 81.4 Å². The van der Waals surface area contributed by atoms with Gasteiger partial charge in [0.25, 0.3) is 5.91 Å². The number of amides is 1. The summed E-state index contributed by atoms with van der Waals surface area (Å²) in [5.74, 6) is 1.26. The van der Waals surface area contributed by atoms with Crippen LogP contribution in [0, 0.1) is 0 Å². The summed E-state index contributed by atoms with van der Waals surface area (Å²) in [6.45, 7) is 2.35. The number of carbonyl (C=O) groups is 1. The quantitative estimate of drug-likeness (QED) is 0.146. The minimum absolute atomic E-state index is 0.258. The number of carbonyl (C=O) groups excluding carboxylic acids is 1. The summed E-state index contributed by atoms with van der Waals surface area (Å²) in [5, 5.41) is 15.5. The van der Waals surface area contributed by atoms with Gasteiger partial charge < -0.3 is 9.30 Å². The van der Waals surface area contributed by atoms with Crippen LogP contribution < -0.4 is 10.2 Å². The van der Waals surface area contributed by atoms with Crippen molar-refractivity contribution in [3.63, 3.8) is 0 Å². The van der Waals surface area contributed by atoms with Crippen LogP contribution in [0.3, 0.4) is 0 Å². The number of ether oxygens (including phenoxy) is 1. The van der Waals surface area contributed by atoms with Crippen molar-refractivity contribution >= 4 is 34.2 Å². The first-order valence-electron chi connectivity index (χ1n) is 12.2. The van der Waals surface area contributed by atoms with E-state index in [2.05, 4.69) is 45.0 Å². The van der Waals surface area contributed by atoms with Crippen LogP contribution in [-0.2, 0) is 19.4 Å². The molecule has 1 N–H and O–H groups in total. The first-order valence-corrected chi connectivity index (χ1v) is 13.2. The van der Waals surface area contributed by atoms with E-state index in [0.717, 1.165) is 33.3 Å². The molecule has 1 aromatic heterocycles. The Labute approximate surface area is 225 Å². The summed E-state index contributed by atoms with van der Waals surface area (Å²) in [4.78, 5) is 12.6. The van der Waals surface area contributed by atoms with Gasteiger partial charge >= 0.3 is 0 Å². The van der Waals surface area contributed by atoms with E-state index < -0.39 is 0 Å². The van der Waals surface area contributed by atoms with E-state index >= 15 is 0 Å². The maximum Gasteiger partial charge on any atom is 0.271 e. The van der Waals surface area contributed by atoms with Gasteiger partial charge in [-0.05, 0) is 70.8 Å². The lowest BCUT2D eigenvalue weighted by molar-refractivity contribution is 0.0955. The molecule has 0 bridgehead atoms. The molecule has 5 aromatic rings. The second-order valence-electron chi connectivity index (χ2n) is 8.80. The second-order valence-corrected chi connectivity index (χ2v) is 9.74. The molecule has 0 spiro atoms. The van der Waals surface area contributed by atoms with Crippen LogP contribution in [0.4, 0.5) is 0 Å². The Balaban J connectivity index is 1.14. The zero-order chi connectivity index (χ0) is 26.3. The minimum atomic E-state index is -0.258. The standard InChI is InChI=1S/C30H27N5O2S/c1-21(32-33-29(36)25-12-10-22(11-13-25)19-38-30-34-31-20-35(30)2)23-14-16-27(17-15-23)37-18-26-8-5-7-24-6-3-4-9-28(24)26/h3-17,20H,18-19H2,1-2H3,(H,33,36)/b32-21-. The second kappa shape index (κ2) is 11.7. The number of hydrazone groups is 1. The predicted molar refractivity (Wildman–Crippen MR) is 151 cm³/mol. The fraction of sp³-hybridized carbons (Fsp3) is 0.133. The Hall–Kier alpha value is -4.43. The van der Waals surface area contributed by atoms with E-state index in [-0.39, 0.29) is 5.91 Å². The highest BCUT2D eigenvalue weighted by molar-refractivity contribution is 7.98. The fourth-order valence-corrected chi connectivity index (χ4v) is 4.78. The van der Waals surface area contributed by atoms with Crippen LogP contribution in [0.25, 0.3) is 10.8 Å². The first-order chi connectivity index (χ1) is 18.6. The van der Waals surface area contributed by atoms with Gasteiger partial charge in [-0.3, -0.25) is 4.79 Å². The van der Waals surface area contributed by atoms with Gasteiger partial charge in [0.1, 0.15) is 18.7 Å². The van der Waals surface area contributed by atoms with Gasteiger partial charge in [-0.2, -0.15) is 5.10 Å². The summed E-state index contributed by atoms with van der Waals surface area (Å²) < 4.78 is 7.90. The number of rotatable bonds is 9. The van der Waals surface area contributed by atoms with Gasteiger partial charge in [0.05, 0.1) is 5.71 Å². The number of aryl methyl sites for hydroxylation is 1. The van der Waals surface area contributed by atoms with Crippen molar-refractivity contribution in [3.05, 3.63) is 120 Å². The van der Waals surface area contributed by atoms with Crippen molar-refractivity contribution in [3.8, 4) is 5.75 Å². The molecule has 1 heterocycles. The number of thioether (sulfide) groups is 1. The van der Waals surface area contributed by atoms with E-state index in [1.165, 1.54) is 10.8 Å². The highest BCUT2D eigenvalue weighted by atomic mass is 32.2. The predicted octanol–water partition coefficient (Wildman–Crippen LogP) is 5.99. The monoisotopic (exact) mass is 521 g/mol. The van der Waals surface area contributed by atoms with Gasteiger partial charge in [-0.15, -0.1) is 10.2 Å². The molecule has 8 heteroatoms. The average molecular weight is 522 g/mol. The van der Waals surface area contributed by atoms with Crippen molar-refractivity contribution in [2.75, 3.05) is 0 Å². The van der Waals surface area contributed by atoms with E-state index in [9.17, 15) is 4.79 Å². The SMILES string of the molecule is C/C(=N/NC(=O)c1ccc(CSc2nncn2C)cc1)c1ccc(OCc2cccc3ccccc23)cc1. The maximum atomic E-state index is 12.6. The molecule has 0 aliphatic rings. The molecular weight excluding hydrogens is 494 g/mol. The molecule has 190 valence electrons. The molecule has 7 nitrogen and oxygen atoms in total. The molecule has 0 saturated carbocycles. The van der Waals surface area contributed by atoms with Crippen LogP contribution in [0.5, 0.6) is 5.75 Å². The summed E-state index contributed by atoms with van der Waals surface area (Å²) in [6, 6.07) is 29.7. The lowest BCUT2D eigenvalue weighted by atomic mass is 10.1. The summed E-state index contributed by atoms with van der Waals surface area (Å²) >= 11 is 1.59. The number of hydrogen-bond donors (Lipinski definition) is 1. The Morgan fingerprint density at radius 2 is 1.68 bits per heavy atom. The Morgan fingerprint density at radius 1 is 0.947 bits per heavy atom. The lowest BCUT2D eigenvalue weighted by Crippen LogP contribution is -2.19. The molecule has 0 atom stereocenters. The minimum Gasteiger partial charge on any atom is -0.489 e. The summed E-state index contributed by atoms with van der Waals surface area (Å²) in [5.41, 5.74) is 7.04. The normalized spacial score (nSPS) is 11.5. The van der Waals surface area contributed by atoms with E-state index in [1.807, 2.05) is 73.1 Å². The number of nitrogens with zero attached hydrogens (tertiary/aromatic N) is 4. The van der Waals surface area contributed by atoms with Crippen LogP contribution >= 0.6 is 11.8 Å². The number of aromatic nitrogens is 3. The lowest BCUT2D eigenvalue weighted by Gasteiger charge is -2.10. The third-order valence-electron chi connectivity index (χ3n) is 6.13. The Bertz CT molecular complexity index is 1570. The third kappa shape index (κ3) is 6.10. The summed E-state index contributed by atoms with van der Waals surface area (Å²) in [6.07, 6.45) is 1.67. The van der Waals surface area contributed by atoms with Crippen LogP contribution in [0.2, 0.25) is 0 Å². The fourth-order valence-electron chi connectivity index (χ4n) is 3.94. The number of fused-ring (bicyclic) bond motifs is 1. The molecule has 38 heavy (non-hydrogen) atoms. The van der Waals surface area contributed by atoms with Gasteiger partial charge in [-0.1, -0.05) is 66.4 Å². The van der Waals surface area contributed by atoms with Crippen LogP contribution in [0.15, 0.2) is 108 Å². The molecule has 0 saturated heterocycles. The first kappa shape index (κ1) is 25.2. The third-order valence-corrected chi connectivity index (χ3v) is 7.23. The van der Waals surface area contributed by atoms with Crippen molar-refractivity contribution < 1.29 is 9.53 Å². The molecular formula is C30H27N5O2S. The van der Waals surface area contributed by atoms with E-state index in [4.69, 9.17) is 4.74 Å². The van der Waals surface area contributed by atoms with E-state index in [0.29, 0.717) is 17.9 Å². The van der Waals surface area contributed by atoms with Crippen LogP contribution in [-0.4, -0.2) is 26.4 Å². The average Bonchev–Trinajstić information content (AvgIpc) is 3.38. The maximum absolute atomic E-state index is 12.6. The molecule has 0 aliphatic heterocycles. The van der Waals surface area contributed by atoms with Gasteiger partial charge in [0.15, 0.2) is 5.16 Å². The number of benzene rings is 4. The molecule has 0 fully saturated rings. The zero-order valence-electron chi connectivity index (χ0n) is 21.2. The Kier molecular flexibility index (Phi) is 7.80. The Morgan fingerprint density at radius 3 is 2.45 bits per heavy atom. The zero-order valence-corrected chi connectivity index (χ0v) is 22.0. The smallest absolute Gasteiger partial charge is 0.271 e. The van der Waals surface area contributed by atoms with Gasteiger partial charge in [0, 0.05) is 18.4 Å². The molecule has 1 amide bonds. The number of nitrogens with one attached hydrogen (secondary N) is 1. The highest BCUT2D eigenvalue weighted by Crippen LogP contribution is 2.22. The molecule has 0 unspecified atom stereocenters. The van der Waals surface area contributed by atoms with Crippen molar-refractivity contribution in [1.29, 1.82) is 0 Å². The molecule has 4 aromatic carbocycles. The molecule has 5 rings (SSSR count).